The molecule has 3 aromatic rings. The number of hydrogen-bond donors (Lipinski definition) is 0. The summed E-state index contributed by atoms with van der Waals surface area (Å²) < 4.78 is 1.64. The number of nitrogens with zero attached hydrogens (tertiary/aromatic N) is 4. The first-order valence-electron chi connectivity index (χ1n) is 7.54. The molecule has 4 rings (SSSR count). The van der Waals surface area contributed by atoms with Gasteiger partial charge in [0.1, 0.15) is 5.01 Å². The topological polar surface area (TPSA) is 60.7 Å². The van der Waals surface area contributed by atoms with Crippen molar-refractivity contribution >= 4 is 22.4 Å². The van der Waals surface area contributed by atoms with E-state index >= 15 is 0 Å². The van der Waals surface area contributed by atoms with Gasteiger partial charge >= 0.3 is 0 Å². The average Bonchev–Trinajstić information content (AvgIpc) is 2.99. The minimum absolute atomic E-state index is 0.105. The van der Waals surface area contributed by atoms with Gasteiger partial charge in [-0.1, -0.05) is 0 Å². The molecular formula is C16H16N4OS. The second kappa shape index (κ2) is 5.28. The van der Waals surface area contributed by atoms with Gasteiger partial charge in [0.15, 0.2) is 5.52 Å². The molecule has 0 saturated heterocycles. The van der Waals surface area contributed by atoms with Gasteiger partial charge in [0.05, 0.1) is 23.6 Å². The summed E-state index contributed by atoms with van der Waals surface area (Å²) in [5.41, 5.74) is 2.16. The molecule has 0 saturated carbocycles. The van der Waals surface area contributed by atoms with E-state index in [0.717, 1.165) is 17.8 Å². The highest BCUT2D eigenvalue weighted by molar-refractivity contribution is 7.11. The first-order chi connectivity index (χ1) is 10.7. The Kier molecular flexibility index (Phi) is 3.26. The van der Waals surface area contributed by atoms with Crippen LogP contribution >= 0.6 is 11.3 Å². The van der Waals surface area contributed by atoms with E-state index in [1.807, 2.05) is 6.92 Å². The molecule has 112 valence electrons. The second-order valence-electron chi connectivity index (χ2n) is 5.63. The largest absolute Gasteiger partial charge is 0.288 e. The van der Waals surface area contributed by atoms with Crippen LogP contribution in [0.15, 0.2) is 29.5 Å². The Morgan fingerprint density at radius 1 is 1.27 bits per heavy atom. The van der Waals surface area contributed by atoms with E-state index in [-0.39, 0.29) is 11.6 Å². The van der Waals surface area contributed by atoms with Crippen LogP contribution in [0.5, 0.6) is 0 Å². The van der Waals surface area contributed by atoms with Gasteiger partial charge < -0.3 is 0 Å². The standard InChI is InChI=1S/C16H16N4OS/c1-10(15-19-11-5-2-3-7-13(11)22-15)20-9-18-12-6-4-8-17-14(12)16(20)21/h4,6,8-10H,2-3,5,7H2,1H3/t10-/m1/s1. The van der Waals surface area contributed by atoms with Crippen LogP contribution in [0, 0.1) is 0 Å². The number of fused-ring (bicyclic) bond motifs is 2. The van der Waals surface area contributed by atoms with Crippen molar-refractivity contribution in [2.45, 2.75) is 38.6 Å². The Labute approximate surface area is 131 Å². The third kappa shape index (κ3) is 2.14. The number of aromatic nitrogens is 4. The first kappa shape index (κ1) is 13.6. The predicted molar refractivity (Wildman–Crippen MR) is 86.4 cm³/mol. The van der Waals surface area contributed by atoms with Crippen molar-refractivity contribution in [1.29, 1.82) is 0 Å². The van der Waals surface area contributed by atoms with Gasteiger partial charge in [-0.15, -0.1) is 11.3 Å². The molecule has 0 N–H and O–H groups in total. The molecule has 0 aromatic carbocycles. The van der Waals surface area contributed by atoms with Crippen molar-refractivity contribution in [3.05, 3.63) is 50.6 Å². The summed E-state index contributed by atoms with van der Waals surface area (Å²) in [7, 11) is 0. The highest BCUT2D eigenvalue weighted by Crippen LogP contribution is 2.30. The van der Waals surface area contributed by atoms with E-state index < -0.39 is 0 Å². The summed E-state index contributed by atoms with van der Waals surface area (Å²) in [5.74, 6) is 0. The fourth-order valence-corrected chi connectivity index (χ4v) is 4.11. The molecule has 1 aliphatic rings. The summed E-state index contributed by atoms with van der Waals surface area (Å²) in [5, 5.41) is 0.992. The lowest BCUT2D eigenvalue weighted by Crippen LogP contribution is -2.25. The molecule has 5 nitrogen and oxygen atoms in total. The van der Waals surface area contributed by atoms with Gasteiger partial charge in [-0.25, -0.2) is 15.0 Å². The van der Waals surface area contributed by atoms with Gasteiger partial charge in [-0.2, -0.15) is 0 Å². The molecule has 1 atom stereocenters. The van der Waals surface area contributed by atoms with Crippen LogP contribution in [0.2, 0.25) is 0 Å². The van der Waals surface area contributed by atoms with Gasteiger partial charge in [0.2, 0.25) is 0 Å². The lowest BCUT2D eigenvalue weighted by molar-refractivity contribution is 0.599. The van der Waals surface area contributed by atoms with Crippen molar-refractivity contribution < 1.29 is 0 Å². The van der Waals surface area contributed by atoms with Crippen molar-refractivity contribution in [2.24, 2.45) is 0 Å². The second-order valence-corrected chi connectivity index (χ2v) is 6.75. The van der Waals surface area contributed by atoms with Crippen LogP contribution in [0.4, 0.5) is 0 Å². The Morgan fingerprint density at radius 3 is 3.00 bits per heavy atom. The van der Waals surface area contributed by atoms with E-state index in [1.54, 1.807) is 40.6 Å². The fourth-order valence-electron chi connectivity index (χ4n) is 2.91. The molecule has 3 heterocycles. The lowest BCUT2D eigenvalue weighted by Gasteiger charge is -2.12. The number of thiazole rings is 1. The Morgan fingerprint density at radius 2 is 2.14 bits per heavy atom. The van der Waals surface area contributed by atoms with Crippen molar-refractivity contribution in [1.82, 2.24) is 19.5 Å². The number of rotatable bonds is 2. The maximum atomic E-state index is 12.6. The van der Waals surface area contributed by atoms with E-state index in [4.69, 9.17) is 4.98 Å². The highest BCUT2D eigenvalue weighted by Gasteiger charge is 2.20. The molecule has 0 fully saturated rings. The summed E-state index contributed by atoms with van der Waals surface area (Å²) in [6.07, 6.45) is 7.87. The molecule has 0 spiro atoms. The third-order valence-electron chi connectivity index (χ3n) is 4.18. The number of hydrogen-bond acceptors (Lipinski definition) is 5. The molecule has 0 bridgehead atoms. The molecule has 0 unspecified atom stereocenters. The normalized spacial score (nSPS) is 15.7. The molecule has 1 aliphatic carbocycles. The molecule has 3 aromatic heterocycles. The van der Waals surface area contributed by atoms with E-state index in [1.165, 1.54) is 23.4 Å². The van der Waals surface area contributed by atoms with Gasteiger partial charge in [0, 0.05) is 11.1 Å². The van der Waals surface area contributed by atoms with Gasteiger partial charge in [0.25, 0.3) is 5.56 Å². The Balaban J connectivity index is 1.79. The molecule has 0 amide bonds. The summed E-state index contributed by atoms with van der Waals surface area (Å²) in [4.78, 5) is 27.3. The zero-order chi connectivity index (χ0) is 15.1. The minimum Gasteiger partial charge on any atom is -0.288 e. The average molecular weight is 312 g/mol. The molecule has 0 radical (unpaired) electrons. The number of pyridine rings is 1. The van der Waals surface area contributed by atoms with Crippen molar-refractivity contribution in [2.75, 3.05) is 0 Å². The van der Waals surface area contributed by atoms with Crippen LogP contribution in [0.1, 0.15) is 41.4 Å². The van der Waals surface area contributed by atoms with E-state index in [2.05, 4.69) is 9.97 Å². The van der Waals surface area contributed by atoms with E-state index in [0.29, 0.717) is 11.0 Å². The summed E-state index contributed by atoms with van der Waals surface area (Å²) in [6, 6.07) is 3.49. The quantitative estimate of drug-likeness (QED) is 0.730. The van der Waals surface area contributed by atoms with Gasteiger partial charge in [-0.3, -0.25) is 9.36 Å². The van der Waals surface area contributed by atoms with Crippen LogP contribution < -0.4 is 5.56 Å². The maximum absolute atomic E-state index is 12.6. The molecule has 22 heavy (non-hydrogen) atoms. The smallest absolute Gasteiger partial charge is 0.280 e. The zero-order valence-electron chi connectivity index (χ0n) is 12.3. The summed E-state index contributed by atoms with van der Waals surface area (Å²) >= 11 is 1.73. The van der Waals surface area contributed by atoms with Crippen LogP contribution in [-0.4, -0.2) is 19.5 Å². The molecule has 0 aliphatic heterocycles. The SMILES string of the molecule is C[C@H](c1nc2c(s1)CCCC2)n1cnc2cccnc2c1=O. The third-order valence-corrected chi connectivity index (χ3v) is 5.51. The monoisotopic (exact) mass is 312 g/mol. The van der Waals surface area contributed by atoms with Gasteiger partial charge in [-0.05, 0) is 44.7 Å². The van der Waals surface area contributed by atoms with Crippen LogP contribution in [0.25, 0.3) is 11.0 Å². The number of aryl methyl sites for hydroxylation is 2. The Hall–Kier alpha value is -2.08. The van der Waals surface area contributed by atoms with Crippen molar-refractivity contribution in [3.8, 4) is 0 Å². The lowest BCUT2D eigenvalue weighted by atomic mass is 10.0. The minimum atomic E-state index is -0.109. The maximum Gasteiger partial charge on any atom is 0.280 e. The molecular weight excluding hydrogens is 296 g/mol. The zero-order valence-corrected chi connectivity index (χ0v) is 13.1. The van der Waals surface area contributed by atoms with Crippen LogP contribution in [-0.2, 0) is 12.8 Å². The first-order valence-corrected chi connectivity index (χ1v) is 8.36. The van der Waals surface area contributed by atoms with Crippen LogP contribution in [0.3, 0.4) is 0 Å². The highest BCUT2D eigenvalue weighted by atomic mass is 32.1. The predicted octanol–water partition coefficient (Wildman–Crippen LogP) is 2.74. The Bertz CT molecular complexity index is 875. The van der Waals surface area contributed by atoms with Crippen molar-refractivity contribution in [3.63, 3.8) is 0 Å². The summed E-state index contributed by atoms with van der Waals surface area (Å²) in [6.45, 7) is 2.00. The molecule has 6 heteroatoms. The van der Waals surface area contributed by atoms with E-state index in [9.17, 15) is 4.79 Å². The fraction of sp³-hybridized carbons (Fsp3) is 0.375.